The summed E-state index contributed by atoms with van der Waals surface area (Å²) in [5, 5.41) is 3.52. The van der Waals surface area contributed by atoms with E-state index in [0.717, 1.165) is 22.4 Å². The Kier molecular flexibility index (Phi) is 3.91. The molecule has 0 aliphatic carbocycles. The van der Waals surface area contributed by atoms with Crippen LogP contribution < -0.4 is 5.32 Å². The second-order valence-electron chi connectivity index (χ2n) is 4.66. The van der Waals surface area contributed by atoms with Crippen molar-refractivity contribution in [2.24, 2.45) is 0 Å². The predicted molar refractivity (Wildman–Crippen MR) is 80.1 cm³/mol. The molecule has 0 fully saturated rings. The van der Waals surface area contributed by atoms with Crippen molar-refractivity contribution in [1.82, 2.24) is 0 Å². The van der Waals surface area contributed by atoms with Crippen LogP contribution in [0.4, 0.5) is 5.69 Å². The number of carbonyl (C=O) groups is 1. The molecule has 1 N–H and O–H groups in total. The van der Waals surface area contributed by atoms with E-state index in [1.54, 1.807) is 6.07 Å². The smallest absolute Gasteiger partial charge is 0.255 e. The molecule has 0 radical (unpaired) electrons. The Bertz CT molecular complexity index is 635. The van der Waals surface area contributed by atoms with Gasteiger partial charge in [0.25, 0.3) is 5.91 Å². The number of rotatable bonds is 2. The third kappa shape index (κ3) is 2.96. The average molecular weight is 274 g/mol. The minimum Gasteiger partial charge on any atom is -0.322 e. The molecule has 1 amide bonds. The lowest BCUT2D eigenvalue weighted by Gasteiger charge is -2.11. The van der Waals surface area contributed by atoms with Crippen LogP contribution >= 0.6 is 11.6 Å². The van der Waals surface area contributed by atoms with Gasteiger partial charge in [-0.15, -0.1) is 0 Å². The maximum atomic E-state index is 12.3. The molecule has 0 saturated carbocycles. The van der Waals surface area contributed by atoms with Gasteiger partial charge in [-0.05, 0) is 55.7 Å². The summed E-state index contributed by atoms with van der Waals surface area (Å²) in [6, 6.07) is 11.2. The van der Waals surface area contributed by atoms with Crippen molar-refractivity contribution in [3.63, 3.8) is 0 Å². The summed E-state index contributed by atoms with van der Waals surface area (Å²) in [5.74, 6) is -0.105. The first kappa shape index (κ1) is 13.6. The third-order valence-electron chi connectivity index (χ3n) is 3.30. The first-order valence-electron chi connectivity index (χ1n) is 6.13. The van der Waals surface area contributed by atoms with E-state index in [9.17, 15) is 4.79 Å². The molecule has 2 nitrogen and oxygen atoms in total. The van der Waals surface area contributed by atoms with Gasteiger partial charge in [0.1, 0.15) is 0 Å². The third-order valence-corrected chi connectivity index (χ3v) is 3.53. The van der Waals surface area contributed by atoms with Crippen molar-refractivity contribution in [3.05, 3.63) is 63.7 Å². The zero-order valence-electron chi connectivity index (χ0n) is 11.3. The average Bonchev–Trinajstić information content (AvgIpc) is 2.37. The molecule has 2 rings (SSSR count). The maximum Gasteiger partial charge on any atom is 0.255 e. The van der Waals surface area contributed by atoms with E-state index in [0.29, 0.717) is 10.6 Å². The zero-order chi connectivity index (χ0) is 14.0. The van der Waals surface area contributed by atoms with Gasteiger partial charge >= 0.3 is 0 Å². The van der Waals surface area contributed by atoms with Crippen LogP contribution in [0.25, 0.3) is 0 Å². The number of anilines is 1. The molecule has 0 unspecified atom stereocenters. The van der Waals surface area contributed by atoms with Crippen molar-refractivity contribution >= 4 is 23.2 Å². The van der Waals surface area contributed by atoms with Crippen molar-refractivity contribution < 1.29 is 4.79 Å². The van der Waals surface area contributed by atoms with Gasteiger partial charge in [0.15, 0.2) is 0 Å². The SMILES string of the molecule is Cc1ccc(Cl)cc1NC(=O)c1cccc(C)c1C. The number of amides is 1. The number of hydrogen-bond acceptors (Lipinski definition) is 1. The van der Waals surface area contributed by atoms with Crippen molar-refractivity contribution in [1.29, 1.82) is 0 Å². The highest BCUT2D eigenvalue weighted by Crippen LogP contribution is 2.22. The first-order valence-corrected chi connectivity index (χ1v) is 6.50. The lowest BCUT2D eigenvalue weighted by atomic mass is 10.0. The summed E-state index contributed by atoms with van der Waals surface area (Å²) in [7, 11) is 0. The van der Waals surface area contributed by atoms with Crippen molar-refractivity contribution in [2.45, 2.75) is 20.8 Å². The van der Waals surface area contributed by atoms with Crippen LogP contribution in [0.5, 0.6) is 0 Å². The Balaban J connectivity index is 2.31. The molecule has 0 aliphatic rings. The molecule has 0 aliphatic heterocycles. The highest BCUT2D eigenvalue weighted by Gasteiger charge is 2.11. The van der Waals surface area contributed by atoms with Gasteiger partial charge in [0, 0.05) is 16.3 Å². The van der Waals surface area contributed by atoms with E-state index in [2.05, 4.69) is 5.32 Å². The van der Waals surface area contributed by atoms with E-state index >= 15 is 0 Å². The van der Waals surface area contributed by atoms with Gasteiger partial charge in [-0.25, -0.2) is 0 Å². The number of hydrogen-bond donors (Lipinski definition) is 1. The highest BCUT2D eigenvalue weighted by molar-refractivity contribution is 6.31. The summed E-state index contributed by atoms with van der Waals surface area (Å²) >= 11 is 5.95. The largest absolute Gasteiger partial charge is 0.322 e. The fourth-order valence-corrected chi connectivity index (χ4v) is 2.09. The van der Waals surface area contributed by atoms with Crippen LogP contribution in [0.1, 0.15) is 27.0 Å². The summed E-state index contributed by atoms with van der Waals surface area (Å²) in [6.45, 7) is 5.89. The van der Waals surface area contributed by atoms with Crippen LogP contribution in [-0.4, -0.2) is 5.91 Å². The Morgan fingerprint density at radius 3 is 2.53 bits per heavy atom. The van der Waals surface area contributed by atoms with Crippen LogP contribution in [0.15, 0.2) is 36.4 Å². The summed E-state index contributed by atoms with van der Waals surface area (Å²) in [6.07, 6.45) is 0. The minimum atomic E-state index is -0.105. The molecule has 0 atom stereocenters. The first-order chi connectivity index (χ1) is 8.99. The van der Waals surface area contributed by atoms with Crippen molar-refractivity contribution in [3.8, 4) is 0 Å². The quantitative estimate of drug-likeness (QED) is 0.856. The second-order valence-corrected chi connectivity index (χ2v) is 5.10. The normalized spacial score (nSPS) is 10.3. The zero-order valence-corrected chi connectivity index (χ0v) is 12.0. The Morgan fingerprint density at radius 1 is 1.05 bits per heavy atom. The number of carbonyl (C=O) groups excluding carboxylic acids is 1. The number of nitrogens with one attached hydrogen (secondary N) is 1. The highest BCUT2D eigenvalue weighted by atomic mass is 35.5. The molecule has 2 aromatic carbocycles. The van der Waals surface area contributed by atoms with Gasteiger partial charge in [-0.3, -0.25) is 4.79 Å². The number of benzene rings is 2. The molecule has 0 aromatic heterocycles. The predicted octanol–water partition coefficient (Wildman–Crippen LogP) is 4.52. The molecule has 19 heavy (non-hydrogen) atoms. The number of aryl methyl sites for hydroxylation is 2. The minimum absolute atomic E-state index is 0.105. The van der Waals surface area contributed by atoms with Crippen molar-refractivity contribution in [2.75, 3.05) is 5.32 Å². The molecule has 2 aromatic rings. The number of halogens is 1. The Labute approximate surface area is 118 Å². The van der Waals surface area contributed by atoms with E-state index in [1.807, 2.05) is 51.1 Å². The molecule has 0 bridgehead atoms. The Hall–Kier alpha value is -1.80. The molecule has 3 heteroatoms. The molecular formula is C16H16ClNO. The van der Waals surface area contributed by atoms with Crippen LogP contribution in [0, 0.1) is 20.8 Å². The standard InChI is InChI=1S/C16H16ClNO/c1-10-5-4-6-14(12(10)3)16(19)18-15-9-13(17)8-7-11(15)2/h4-9H,1-3H3,(H,18,19). The van der Waals surface area contributed by atoms with Crippen LogP contribution in [0.2, 0.25) is 5.02 Å². The summed E-state index contributed by atoms with van der Waals surface area (Å²) in [4.78, 5) is 12.3. The van der Waals surface area contributed by atoms with E-state index in [4.69, 9.17) is 11.6 Å². The molecule has 0 saturated heterocycles. The van der Waals surface area contributed by atoms with Gasteiger partial charge in [0.05, 0.1) is 0 Å². The molecule has 0 heterocycles. The monoisotopic (exact) mass is 273 g/mol. The van der Waals surface area contributed by atoms with Crippen LogP contribution in [0.3, 0.4) is 0 Å². The lowest BCUT2D eigenvalue weighted by molar-refractivity contribution is 0.102. The van der Waals surface area contributed by atoms with Gasteiger partial charge in [-0.1, -0.05) is 29.8 Å². The molecule has 0 spiro atoms. The second kappa shape index (κ2) is 5.45. The summed E-state index contributed by atoms with van der Waals surface area (Å²) < 4.78 is 0. The summed E-state index contributed by atoms with van der Waals surface area (Å²) in [5.41, 5.74) is 4.54. The van der Waals surface area contributed by atoms with Gasteiger partial charge in [-0.2, -0.15) is 0 Å². The van der Waals surface area contributed by atoms with E-state index < -0.39 is 0 Å². The van der Waals surface area contributed by atoms with E-state index in [1.165, 1.54) is 0 Å². The lowest BCUT2D eigenvalue weighted by Crippen LogP contribution is -2.14. The maximum absolute atomic E-state index is 12.3. The fraction of sp³-hybridized carbons (Fsp3) is 0.188. The van der Waals surface area contributed by atoms with Crippen LogP contribution in [-0.2, 0) is 0 Å². The van der Waals surface area contributed by atoms with Gasteiger partial charge in [0.2, 0.25) is 0 Å². The Morgan fingerprint density at radius 2 is 1.79 bits per heavy atom. The van der Waals surface area contributed by atoms with E-state index in [-0.39, 0.29) is 5.91 Å². The molecular weight excluding hydrogens is 258 g/mol. The molecule has 98 valence electrons. The fourth-order valence-electron chi connectivity index (χ4n) is 1.92. The topological polar surface area (TPSA) is 29.1 Å². The van der Waals surface area contributed by atoms with Gasteiger partial charge < -0.3 is 5.32 Å².